The number of aliphatic hydroxyl groups is 1. The fourth-order valence-electron chi connectivity index (χ4n) is 4.59. The third-order valence-electron chi connectivity index (χ3n) is 6.97. The number of nitrogens with zero attached hydrogens (tertiary/aromatic N) is 2. The fourth-order valence-corrected chi connectivity index (χ4v) is 7.19. The molecule has 156 valence electrons. The molecule has 0 aromatic heterocycles. The zero-order valence-corrected chi connectivity index (χ0v) is 19.0. The van der Waals surface area contributed by atoms with Gasteiger partial charge in [0.1, 0.15) is 5.84 Å². The Morgan fingerprint density at radius 2 is 1.93 bits per heavy atom. The molecule has 0 spiro atoms. The Kier molecular flexibility index (Phi) is 5.25. The minimum absolute atomic E-state index is 0.102. The lowest BCUT2D eigenvalue weighted by Gasteiger charge is -2.49. The largest absolute Gasteiger partial charge is 0.394 e. The standard InChI is InChI=1S/C20H34N4O3Si/c1-13(12-25)22-18(27)24-11-14-15(19(24,2)3)10-21-16(14)23-17(26)20(8-7-9-20)28(4,5)6/h13,25H,7-12H2,1-6H3,(H,22,27)(H,21,23,26)/t13-/m0/s1. The van der Waals surface area contributed by atoms with Gasteiger partial charge < -0.3 is 20.6 Å². The van der Waals surface area contributed by atoms with Crippen molar-refractivity contribution < 1.29 is 14.7 Å². The highest BCUT2D eigenvalue weighted by Crippen LogP contribution is 2.55. The zero-order valence-electron chi connectivity index (χ0n) is 18.0. The summed E-state index contributed by atoms with van der Waals surface area (Å²) in [6.07, 6.45) is 3.04. The summed E-state index contributed by atoms with van der Waals surface area (Å²) in [4.78, 5) is 32.3. The van der Waals surface area contributed by atoms with Crippen LogP contribution in [-0.2, 0) is 4.79 Å². The number of aliphatic imine (C=N–C) groups is 1. The van der Waals surface area contributed by atoms with Crippen LogP contribution < -0.4 is 10.6 Å². The van der Waals surface area contributed by atoms with Gasteiger partial charge in [-0.05, 0) is 39.2 Å². The first-order chi connectivity index (χ1) is 12.9. The number of carbonyl (C=O) groups excluding carboxylic acids is 2. The molecule has 2 heterocycles. The molecule has 0 aromatic carbocycles. The van der Waals surface area contributed by atoms with Crippen molar-refractivity contribution in [2.75, 3.05) is 19.7 Å². The molecule has 8 heteroatoms. The van der Waals surface area contributed by atoms with Crippen molar-refractivity contribution in [2.45, 2.75) is 76.3 Å². The van der Waals surface area contributed by atoms with E-state index in [0.717, 1.165) is 30.4 Å². The highest BCUT2D eigenvalue weighted by molar-refractivity contribution is 6.82. The van der Waals surface area contributed by atoms with Crippen LogP contribution in [-0.4, -0.2) is 67.1 Å². The molecule has 0 unspecified atom stereocenters. The molecule has 1 aliphatic carbocycles. The first-order valence-electron chi connectivity index (χ1n) is 10.2. The summed E-state index contributed by atoms with van der Waals surface area (Å²) in [6.45, 7) is 13.4. The number of nitrogens with one attached hydrogen (secondary N) is 2. The smallest absolute Gasteiger partial charge is 0.318 e. The van der Waals surface area contributed by atoms with Gasteiger partial charge in [-0.15, -0.1) is 0 Å². The Bertz CT molecular complexity index is 747. The van der Waals surface area contributed by atoms with E-state index in [1.807, 2.05) is 13.8 Å². The molecule has 0 bridgehead atoms. The minimum Gasteiger partial charge on any atom is -0.394 e. The third kappa shape index (κ3) is 3.20. The lowest BCUT2D eigenvalue weighted by Crippen LogP contribution is -2.55. The Morgan fingerprint density at radius 1 is 1.29 bits per heavy atom. The van der Waals surface area contributed by atoms with Crippen LogP contribution in [0.1, 0.15) is 40.0 Å². The van der Waals surface area contributed by atoms with E-state index in [4.69, 9.17) is 0 Å². The van der Waals surface area contributed by atoms with Gasteiger partial charge >= 0.3 is 6.03 Å². The van der Waals surface area contributed by atoms with Gasteiger partial charge in [0.25, 0.3) is 0 Å². The average molecular weight is 407 g/mol. The Morgan fingerprint density at radius 3 is 2.43 bits per heavy atom. The maximum Gasteiger partial charge on any atom is 0.318 e. The van der Waals surface area contributed by atoms with Gasteiger partial charge in [-0.3, -0.25) is 9.79 Å². The number of rotatable bonds is 4. The van der Waals surface area contributed by atoms with Crippen molar-refractivity contribution in [2.24, 2.45) is 4.99 Å². The number of hydrogen-bond acceptors (Lipinski definition) is 4. The summed E-state index contributed by atoms with van der Waals surface area (Å²) in [6, 6.07) is -0.508. The molecule has 2 aliphatic heterocycles. The summed E-state index contributed by atoms with van der Waals surface area (Å²) in [5.74, 6) is 0.753. The molecule has 7 nitrogen and oxygen atoms in total. The maximum atomic E-state index is 13.2. The fraction of sp³-hybridized carbons (Fsp3) is 0.750. The molecule has 1 atom stereocenters. The first-order valence-corrected chi connectivity index (χ1v) is 13.7. The third-order valence-corrected chi connectivity index (χ3v) is 10.6. The molecule has 0 radical (unpaired) electrons. The summed E-state index contributed by atoms with van der Waals surface area (Å²) in [7, 11) is -1.66. The van der Waals surface area contributed by atoms with Gasteiger partial charge in [-0.1, -0.05) is 26.1 Å². The van der Waals surface area contributed by atoms with Gasteiger partial charge in [0.05, 0.1) is 39.4 Å². The summed E-state index contributed by atoms with van der Waals surface area (Å²) in [5, 5.41) is 15.0. The van der Waals surface area contributed by atoms with Gasteiger partial charge in [-0.25, -0.2) is 4.79 Å². The SMILES string of the molecule is C[C@@H](CO)NC(=O)N1CC2=C(CN=C2NC(=O)C2([Si](C)(C)C)CCC2)C1(C)C. The van der Waals surface area contributed by atoms with E-state index in [-0.39, 0.29) is 29.6 Å². The number of aliphatic hydroxyl groups excluding tert-OH is 1. The second-order valence-electron chi connectivity index (χ2n) is 9.94. The van der Waals surface area contributed by atoms with Gasteiger partial charge in [0.2, 0.25) is 5.91 Å². The van der Waals surface area contributed by atoms with E-state index in [1.165, 1.54) is 0 Å². The normalized spacial score (nSPS) is 23.7. The molecule has 3 aliphatic rings. The second-order valence-corrected chi connectivity index (χ2v) is 15.4. The van der Waals surface area contributed by atoms with Crippen molar-refractivity contribution in [1.29, 1.82) is 0 Å². The first kappa shape index (κ1) is 21.0. The predicted molar refractivity (Wildman–Crippen MR) is 113 cm³/mol. The number of carbonyl (C=O) groups is 2. The van der Waals surface area contributed by atoms with Crippen LogP contribution in [0.25, 0.3) is 0 Å². The van der Waals surface area contributed by atoms with Gasteiger partial charge in [-0.2, -0.15) is 0 Å². The highest BCUT2D eigenvalue weighted by atomic mass is 28.3. The summed E-state index contributed by atoms with van der Waals surface area (Å²) in [5.41, 5.74) is 1.58. The Hall–Kier alpha value is -1.67. The molecular weight excluding hydrogens is 372 g/mol. The van der Waals surface area contributed by atoms with Crippen LogP contribution >= 0.6 is 0 Å². The Balaban J connectivity index is 1.75. The lowest BCUT2D eigenvalue weighted by atomic mass is 9.83. The van der Waals surface area contributed by atoms with Gasteiger partial charge in [0, 0.05) is 10.6 Å². The molecule has 1 fully saturated rings. The Labute approximate surface area is 168 Å². The zero-order chi connectivity index (χ0) is 20.9. The topological polar surface area (TPSA) is 94.0 Å². The van der Waals surface area contributed by atoms with Crippen molar-refractivity contribution in [3.63, 3.8) is 0 Å². The van der Waals surface area contributed by atoms with Gasteiger partial charge in [0.15, 0.2) is 0 Å². The van der Waals surface area contributed by atoms with Crippen LogP contribution in [0, 0.1) is 0 Å². The van der Waals surface area contributed by atoms with Crippen LogP contribution in [0.3, 0.4) is 0 Å². The van der Waals surface area contributed by atoms with Crippen LogP contribution in [0.4, 0.5) is 4.79 Å². The molecule has 0 saturated heterocycles. The molecule has 0 aromatic rings. The molecule has 1 saturated carbocycles. The number of hydrogen-bond donors (Lipinski definition) is 3. The van der Waals surface area contributed by atoms with E-state index in [2.05, 4.69) is 35.3 Å². The number of amides is 3. The van der Waals surface area contributed by atoms with E-state index >= 15 is 0 Å². The van der Waals surface area contributed by atoms with Crippen LogP contribution in [0.2, 0.25) is 24.7 Å². The average Bonchev–Trinajstić information content (AvgIpc) is 3.03. The van der Waals surface area contributed by atoms with Crippen molar-refractivity contribution in [3.05, 3.63) is 11.1 Å². The van der Waals surface area contributed by atoms with Crippen molar-refractivity contribution >= 4 is 25.8 Å². The van der Waals surface area contributed by atoms with Crippen LogP contribution in [0.5, 0.6) is 0 Å². The molecule has 3 N–H and O–H groups in total. The molecule has 28 heavy (non-hydrogen) atoms. The lowest BCUT2D eigenvalue weighted by molar-refractivity contribution is -0.125. The van der Waals surface area contributed by atoms with E-state index in [1.54, 1.807) is 11.8 Å². The molecule has 3 amide bonds. The van der Waals surface area contributed by atoms with E-state index in [0.29, 0.717) is 18.9 Å². The molecular formula is C20H34N4O3Si. The maximum absolute atomic E-state index is 13.2. The summed E-state index contributed by atoms with van der Waals surface area (Å²) < 4.78 is 0. The van der Waals surface area contributed by atoms with Crippen LogP contribution in [0.15, 0.2) is 16.1 Å². The summed E-state index contributed by atoms with van der Waals surface area (Å²) >= 11 is 0. The van der Waals surface area contributed by atoms with Crippen molar-refractivity contribution in [1.82, 2.24) is 15.5 Å². The quantitative estimate of drug-likeness (QED) is 0.625. The minimum atomic E-state index is -1.66. The molecule has 3 rings (SSSR count). The van der Waals surface area contributed by atoms with Crippen molar-refractivity contribution in [3.8, 4) is 0 Å². The monoisotopic (exact) mass is 406 g/mol. The van der Waals surface area contributed by atoms with E-state index < -0.39 is 13.6 Å². The number of amidine groups is 1. The highest BCUT2D eigenvalue weighted by Gasteiger charge is 2.54. The van der Waals surface area contributed by atoms with E-state index in [9.17, 15) is 14.7 Å². The second kappa shape index (κ2) is 6.98. The number of urea groups is 1. The predicted octanol–water partition coefficient (Wildman–Crippen LogP) is 2.26.